The lowest BCUT2D eigenvalue weighted by Crippen LogP contribution is -2.06. The summed E-state index contributed by atoms with van der Waals surface area (Å²) in [6, 6.07) is 21.3. The molecule has 0 spiro atoms. The van der Waals surface area contributed by atoms with Gasteiger partial charge in [-0.1, -0.05) is 41.7 Å². The van der Waals surface area contributed by atoms with Gasteiger partial charge < -0.3 is 10.3 Å². The largest absolute Gasteiger partial charge is 0.354 e. The van der Waals surface area contributed by atoms with Crippen molar-refractivity contribution in [3.63, 3.8) is 0 Å². The quantitative estimate of drug-likeness (QED) is 0.442. The van der Waals surface area contributed by atoms with Gasteiger partial charge in [-0.3, -0.25) is 4.79 Å². The topological polar surface area (TPSA) is 57.8 Å². The summed E-state index contributed by atoms with van der Waals surface area (Å²) in [5.74, 6) is 0. The number of thiazole rings is 1. The zero-order chi connectivity index (χ0) is 16.8. The van der Waals surface area contributed by atoms with E-state index in [2.05, 4.69) is 15.3 Å². The van der Waals surface area contributed by atoms with Gasteiger partial charge in [0.15, 0.2) is 10.6 Å². The number of H-pyrrole nitrogens is 1. The molecule has 0 saturated carbocycles. The number of hydrogen-bond donors (Lipinski definition) is 2. The van der Waals surface area contributed by atoms with E-state index in [1.807, 2.05) is 66.7 Å². The molecule has 25 heavy (non-hydrogen) atoms. The van der Waals surface area contributed by atoms with Crippen molar-refractivity contribution in [2.24, 2.45) is 0 Å². The van der Waals surface area contributed by atoms with Crippen LogP contribution in [0.4, 0.5) is 10.8 Å². The zero-order valence-electron chi connectivity index (χ0n) is 13.1. The summed E-state index contributed by atoms with van der Waals surface area (Å²) < 4.78 is 1.12. The molecule has 2 N–H and O–H groups in total. The van der Waals surface area contributed by atoms with Gasteiger partial charge in [0.1, 0.15) is 0 Å². The Morgan fingerprint density at radius 2 is 1.68 bits per heavy atom. The van der Waals surface area contributed by atoms with Crippen LogP contribution in [0.1, 0.15) is 0 Å². The van der Waals surface area contributed by atoms with Gasteiger partial charge in [-0.25, -0.2) is 4.98 Å². The molecule has 0 saturated heterocycles. The van der Waals surface area contributed by atoms with Gasteiger partial charge in [0.25, 0.3) is 0 Å². The van der Waals surface area contributed by atoms with Crippen LogP contribution in [0, 0.1) is 0 Å². The molecule has 5 rings (SSSR count). The number of rotatable bonds is 2. The molecule has 5 aromatic rings. The van der Waals surface area contributed by atoms with Crippen molar-refractivity contribution < 1.29 is 0 Å². The molecule has 0 aliphatic carbocycles. The number of aromatic amines is 1. The smallest absolute Gasteiger partial charge is 0.199 e. The van der Waals surface area contributed by atoms with Gasteiger partial charge in [0.05, 0.1) is 26.8 Å². The van der Waals surface area contributed by atoms with Crippen molar-refractivity contribution in [2.45, 2.75) is 0 Å². The Hall–Kier alpha value is -3.18. The molecule has 120 valence electrons. The molecule has 3 aromatic carbocycles. The lowest BCUT2D eigenvalue weighted by atomic mass is 10.1. The van der Waals surface area contributed by atoms with E-state index in [1.54, 1.807) is 11.3 Å². The Labute approximate surface area is 146 Å². The van der Waals surface area contributed by atoms with Crippen LogP contribution in [0.5, 0.6) is 0 Å². The predicted molar refractivity (Wildman–Crippen MR) is 105 cm³/mol. The fourth-order valence-electron chi connectivity index (χ4n) is 3.12. The van der Waals surface area contributed by atoms with Crippen molar-refractivity contribution in [3.8, 4) is 0 Å². The van der Waals surface area contributed by atoms with Crippen LogP contribution in [0.25, 0.3) is 32.0 Å². The van der Waals surface area contributed by atoms with Crippen molar-refractivity contribution >= 4 is 54.2 Å². The molecular weight excluding hydrogens is 330 g/mol. The second-order valence-electron chi connectivity index (χ2n) is 5.84. The first-order valence-corrected chi connectivity index (χ1v) is 8.77. The van der Waals surface area contributed by atoms with Gasteiger partial charge in [0.2, 0.25) is 0 Å². The maximum absolute atomic E-state index is 13.0. The first-order valence-electron chi connectivity index (χ1n) is 7.96. The highest BCUT2D eigenvalue weighted by Crippen LogP contribution is 2.30. The minimum absolute atomic E-state index is 0.0218. The van der Waals surface area contributed by atoms with E-state index in [0.29, 0.717) is 10.8 Å². The molecule has 0 unspecified atom stereocenters. The average Bonchev–Trinajstić information content (AvgIpc) is 3.04. The molecule has 2 heterocycles. The number of nitrogens with zero attached hydrogens (tertiary/aromatic N) is 1. The molecule has 0 amide bonds. The highest BCUT2D eigenvalue weighted by Gasteiger charge is 2.11. The fourth-order valence-corrected chi connectivity index (χ4v) is 3.99. The Morgan fingerprint density at radius 1 is 0.880 bits per heavy atom. The Kier molecular flexibility index (Phi) is 3.08. The normalized spacial score (nSPS) is 11.4. The van der Waals surface area contributed by atoms with E-state index in [4.69, 9.17) is 0 Å². The van der Waals surface area contributed by atoms with Crippen LogP contribution >= 0.6 is 11.3 Å². The highest BCUT2D eigenvalue weighted by atomic mass is 32.1. The molecular formula is C20H13N3OS. The standard InChI is InChI=1S/C20H13N3OS/c24-19-12-6-1-2-7-13(12)21-15-9-5-10-16(18(15)19)23-20-22-14-8-3-4-11-17(14)25-20/h1-11H,(H,21,24)(H,22,23). The number of fused-ring (bicyclic) bond motifs is 3. The maximum atomic E-state index is 13.0. The first-order chi connectivity index (χ1) is 12.3. The van der Waals surface area contributed by atoms with Crippen LogP contribution in [0.15, 0.2) is 71.5 Å². The maximum Gasteiger partial charge on any atom is 0.199 e. The SMILES string of the molecule is O=c1c2ccccc2[nH]c2cccc(Nc3nc4ccccc4s3)c12. The second-order valence-corrected chi connectivity index (χ2v) is 6.87. The average molecular weight is 343 g/mol. The summed E-state index contributed by atoms with van der Waals surface area (Å²) in [7, 11) is 0. The van der Waals surface area contributed by atoms with Crippen molar-refractivity contribution in [1.29, 1.82) is 0 Å². The number of para-hydroxylation sites is 2. The minimum atomic E-state index is 0.0218. The van der Waals surface area contributed by atoms with Crippen molar-refractivity contribution in [3.05, 3.63) is 77.0 Å². The van der Waals surface area contributed by atoms with E-state index in [0.717, 1.165) is 32.1 Å². The molecule has 0 atom stereocenters. The van der Waals surface area contributed by atoms with Crippen molar-refractivity contribution in [2.75, 3.05) is 5.32 Å². The van der Waals surface area contributed by atoms with Crippen LogP contribution in [0.3, 0.4) is 0 Å². The molecule has 2 aromatic heterocycles. The lowest BCUT2D eigenvalue weighted by molar-refractivity contribution is 1.44. The monoisotopic (exact) mass is 343 g/mol. The third-order valence-corrected chi connectivity index (χ3v) is 5.22. The zero-order valence-corrected chi connectivity index (χ0v) is 13.9. The molecule has 4 nitrogen and oxygen atoms in total. The summed E-state index contributed by atoms with van der Waals surface area (Å²) in [4.78, 5) is 20.9. The third kappa shape index (κ3) is 2.28. The fraction of sp³-hybridized carbons (Fsp3) is 0. The van der Waals surface area contributed by atoms with Gasteiger partial charge >= 0.3 is 0 Å². The van der Waals surface area contributed by atoms with Gasteiger partial charge in [-0.05, 0) is 36.4 Å². The molecule has 0 radical (unpaired) electrons. The number of aromatic nitrogens is 2. The summed E-state index contributed by atoms with van der Waals surface area (Å²) in [6.07, 6.45) is 0. The van der Waals surface area contributed by atoms with Gasteiger partial charge in [-0.2, -0.15) is 0 Å². The number of pyridine rings is 1. The van der Waals surface area contributed by atoms with Crippen LogP contribution in [0.2, 0.25) is 0 Å². The molecule has 0 aliphatic rings. The van der Waals surface area contributed by atoms with Gasteiger partial charge in [0, 0.05) is 10.9 Å². The highest BCUT2D eigenvalue weighted by molar-refractivity contribution is 7.22. The Morgan fingerprint density at radius 3 is 2.60 bits per heavy atom. The summed E-state index contributed by atoms with van der Waals surface area (Å²) in [5.41, 5.74) is 3.40. The molecule has 0 bridgehead atoms. The van der Waals surface area contributed by atoms with Crippen molar-refractivity contribution in [1.82, 2.24) is 9.97 Å². The minimum Gasteiger partial charge on any atom is -0.354 e. The number of anilines is 2. The van der Waals surface area contributed by atoms with Gasteiger partial charge in [-0.15, -0.1) is 0 Å². The number of nitrogens with one attached hydrogen (secondary N) is 2. The lowest BCUT2D eigenvalue weighted by Gasteiger charge is -2.08. The van der Waals surface area contributed by atoms with E-state index in [1.165, 1.54) is 0 Å². The Balaban J connectivity index is 1.72. The molecule has 0 aliphatic heterocycles. The second kappa shape index (κ2) is 5.43. The van der Waals surface area contributed by atoms with E-state index in [9.17, 15) is 4.79 Å². The van der Waals surface area contributed by atoms with Crippen LogP contribution in [-0.4, -0.2) is 9.97 Å². The summed E-state index contributed by atoms with van der Waals surface area (Å²) in [6.45, 7) is 0. The summed E-state index contributed by atoms with van der Waals surface area (Å²) >= 11 is 1.58. The Bertz CT molecular complexity index is 1270. The number of hydrogen-bond acceptors (Lipinski definition) is 4. The number of benzene rings is 3. The van der Waals surface area contributed by atoms with Crippen LogP contribution < -0.4 is 10.7 Å². The third-order valence-electron chi connectivity index (χ3n) is 4.27. The van der Waals surface area contributed by atoms with E-state index < -0.39 is 0 Å². The van der Waals surface area contributed by atoms with Crippen LogP contribution in [-0.2, 0) is 0 Å². The summed E-state index contributed by atoms with van der Waals surface area (Å²) in [5, 5.41) is 5.45. The first kappa shape index (κ1) is 14.2. The molecule has 5 heteroatoms. The van der Waals surface area contributed by atoms with E-state index >= 15 is 0 Å². The molecule has 0 fully saturated rings. The predicted octanol–water partition coefficient (Wildman–Crippen LogP) is 5.03. The van der Waals surface area contributed by atoms with E-state index in [-0.39, 0.29) is 5.43 Å².